The average molecular weight is 345 g/mol. The van der Waals surface area contributed by atoms with Gasteiger partial charge in [0.05, 0.1) is 0 Å². The van der Waals surface area contributed by atoms with E-state index in [4.69, 9.17) is 0 Å². The van der Waals surface area contributed by atoms with E-state index in [9.17, 15) is 13.6 Å². The van der Waals surface area contributed by atoms with E-state index in [1.807, 2.05) is 0 Å². The zero-order valence-corrected chi connectivity index (χ0v) is 12.1. The molecule has 2 aromatic rings. The van der Waals surface area contributed by atoms with Crippen LogP contribution in [0.1, 0.15) is 16.2 Å². The third-order valence-electron chi connectivity index (χ3n) is 2.67. The highest BCUT2D eigenvalue weighted by Crippen LogP contribution is 2.19. The van der Waals surface area contributed by atoms with Crippen LogP contribution in [0.15, 0.2) is 22.9 Å². The van der Waals surface area contributed by atoms with Crippen molar-refractivity contribution < 1.29 is 13.6 Å². The molecule has 0 fully saturated rings. The highest BCUT2D eigenvalue weighted by molar-refractivity contribution is 9.10. The van der Waals surface area contributed by atoms with Gasteiger partial charge in [-0.15, -0.1) is 10.2 Å². The first-order chi connectivity index (χ1) is 9.49. The zero-order chi connectivity index (χ0) is 14.7. The minimum atomic E-state index is -0.909. The summed E-state index contributed by atoms with van der Waals surface area (Å²) in [4.78, 5) is 11.8. The molecule has 1 amide bonds. The van der Waals surface area contributed by atoms with Crippen molar-refractivity contribution in [3.8, 4) is 0 Å². The number of aromatic nitrogens is 3. The van der Waals surface area contributed by atoms with Crippen molar-refractivity contribution in [1.29, 1.82) is 0 Å². The molecule has 1 N–H and O–H groups in total. The summed E-state index contributed by atoms with van der Waals surface area (Å²) >= 11 is 2.95. The van der Waals surface area contributed by atoms with Crippen LogP contribution in [0.2, 0.25) is 0 Å². The molecule has 1 heterocycles. The van der Waals surface area contributed by atoms with Crippen molar-refractivity contribution in [1.82, 2.24) is 20.1 Å². The first kappa shape index (κ1) is 14.6. The summed E-state index contributed by atoms with van der Waals surface area (Å²) in [6, 6.07) is 2.08. The van der Waals surface area contributed by atoms with Crippen molar-refractivity contribution in [2.24, 2.45) is 7.05 Å². The fourth-order valence-electron chi connectivity index (χ4n) is 1.67. The molecule has 0 unspecified atom stereocenters. The number of amides is 1. The summed E-state index contributed by atoms with van der Waals surface area (Å²) in [6.07, 6.45) is 1.95. The Bertz CT molecular complexity index is 621. The van der Waals surface area contributed by atoms with Gasteiger partial charge >= 0.3 is 0 Å². The number of hydrogen-bond donors (Lipinski definition) is 1. The molecule has 0 aliphatic heterocycles. The molecule has 0 saturated carbocycles. The number of aryl methyl sites for hydroxylation is 1. The molecule has 0 aliphatic rings. The molecule has 0 bridgehead atoms. The van der Waals surface area contributed by atoms with E-state index in [-0.39, 0.29) is 11.0 Å². The van der Waals surface area contributed by atoms with E-state index in [1.165, 1.54) is 6.33 Å². The van der Waals surface area contributed by atoms with Crippen molar-refractivity contribution in [2.45, 2.75) is 6.42 Å². The number of halogens is 3. The van der Waals surface area contributed by atoms with Crippen LogP contribution in [-0.2, 0) is 13.5 Å². The van der Waals surface area contributed by atoms with E-state index >= 15 is 0 Å². The fourth-order valence-corrected chi connectivity index (χ4v) is 2.07. The summed E-state index contributed by atoms with van der Waals surface area (Å²) in [7, 11) is 1.77. The summed E-state index contributed by atoms with van der Waals surface area (Å²) in [5.41, 5.74) is -0.592. The summed E-state index contributed by atoms with van der Waals surface area (Å²) < 4.78 is 29.1. The van der Waals surface area contributed by atoms with Gasteiger partial charge in [-0.1, -0.05) is 15.9 Å². The van der Waals surface area contributed by atoms with Crippen molar-refractivity contribution in [2.75, 3.05) is 6.54 Å². The standard InChI is InChI=1S/C12H11BrF2N4O/c1-19-6-17-18-10(19)2-3-16-12(20)11-8(14)4-7(13)5-9(11)15/h4-6H,2-3H2,1H3,(H,16,20). The molecule has 0 radical (unpaired) electrons. The third-order valence-corrected chi connectivity index (χ3v) is 3.13. The predicted octanol–water partition coefficient (Wildman–Crippen LogP) is 1.83. The lowest BCUT2D eigenvalue weighted by molar-refractivity contribution is 0.0945. The Morgan fingerprint density at radius 3 is 2.60 bits per heavy atom. The van der Waals surface area contributed by atoms with Gasteiger partial charge in [0.2, 0.25) is 0 Å². The van der Waals surface area contributed by atoms with Gasteiger partial charge in [0.15, 0.2) is 0 Å². The third kappa shape index (κ3) is 3.19. The quantitative estimate of drug-likeness (QED) is 0.920. The molecule has 0 aliphatic carbocycles. The maximum atomic E-state index is 13.6. The molecule has 1 aromatic carbocycles. The molecule has 0 spiro atoms. The molecular weight excluding hydrogens is 334 g/mol. The molecule has 106 valence electrons. The van der Waals surface area contributed by atoms with Crippen molar-refractivity contribution >= 4 is 21.8 Å². The van der Waals surface area contributed by atoms with Crippen LogP contribution in [-0.4, -0.2) is 27.2 Å². The van der Waals surface area contributed by atoms with Gasteiger partial charge < -0.3 is 9.88 Å². The van der Waals surface area contributed by atoms with Gasteiger partial charge in [-0.2, -0.15) is 0 Å². The monoisotopic (exact) mass is 344 g/mol. The lowest BCUT2D eigenvalue weighted by Gasteiger charge is -2.07. The van der Waals surface area contributed by atoms with Gasteiger partial charge in [0, 0.05) is 24.5 Å². The second-order valence-electron chi connectivity index (χ2n) is 4.11. The number of carbonyl (C=O) groups is 1. The highest BCUT2D eigenvalue weighted by atomic mass is 79.9. The zero-order valence-electron chi connectivity index (χ0n) is 10.5. The first-order valence-corrected chi connectivity index (χ1v) is 6.54. The molecule has 2 rings (SSSR count). The average Bonchev–Trinajstić information content (AvgIpc) is 2.74. The molecule has 1 aromatic heterocycles. The van der Waals surface area contributed by atoms with Gasteiger partial charge in [-0.05, 0) is 12.1 Å². The van der Waals surface area contributed by atoms with E-state index in [0.29, 0.717) is 12.2 Å². The smallest absolute Gasteiger partial charge is 0.257 e. The number of rotatable bonds is 4. The minimum Gasteiger partial charge on any atom is -0.351 e. The topological polar surface area (TPSA) is 59.8 Å². The Hall–Kier alpha value is -1.83. The summed E-state index contributed by atoms with van der Waals surface area (Å²) in [5, 5.41) is 9.98. The van der Waals surface area contributed by atoms with Gasteiger partial charge in [0.1, 0.15) is 29.3 Å². The van der Waals surface area contributed by atoms with Crippen LogP contribution in [0.3, 0.4) is 0 Å². The van der Waals surface area contributed by atoms with Crippen LogP contribution in [0.4, 0.5) is 8.78 Å². The minimum absolute atomic E-state index is 0.209. The van der Waals surface area contributed by atoms with Gasteiger partial charge in [-0.25, -0.2) is 8.78 Å². The van der Waals surface area contributed by atoms with Crippen LogP contribution in [0, 0.1) is 11.6 Å². The summed E-state index contributed by atoms with van der Waals surface area (Å²) in [6.45, 7) is 0.209. The Balaban J connectivity index is 2.01. The van der Waals surface area contributed by atoms with Crippen LogP contribution >= 0.6 is 15.9 Å². The van der Waals surface area contributed by atoms with Crippen LogP contribution < -0.4 is 5.32 Å². The number of benzene rings is 1. The van der Waals surface area contributed by atoms with E-state index in [2.05, 4.69) is 31.4 Å². The summed E-state index contributed by atoms with van der Waals surface area (Å²) in [5.74, 6) is -1.95. The van der Waals surface area contributed by atoms with Crippen LogP contribution in [0.5, 0.6) is 0 Å². The number of nitrogens with one attached hydrogen (secondary N) is 1. The lowest BCUT2D eigenvalue weighted by atomic mass is 10.2. The maximum absolute atomic E-state index is 13.6. The van der Waals surface area contributed by atoms with Crippen molar-refractivity contribution in [3.05, 3.63) is 46.0 Å². The molecule has 20 heavy (non-hydrogen) atoms. The molecule has 0 saturated heterocycles. The molecule has 5 nitrogen and oxygen atoms in total. The Kier molecular flexibility index (Phi) is 4.43. The maximum Gasteiger partial charge on any atom is 0.257 e. The second kappa shape index (κ2) is 6.08. The Morgan fingerprint density at radius 1 is 1.40 bits per heavy atom. The fraction of sp³-hybridized carbons (Fsp3) is 0.250. The molecule has 8 heteroatoms. The molecule has 0 atom stereocenters. The van der Waals surface area contributed by atoms with E-state index < -0.39 is 23.1 Å². The van der Waals surface area contributed by atoms with Gasteiger partial charge in [-0.3, -0.25) is 4.79 Å². The first-order valence-electron chi connectivity index (χ1n) is 5.74. The second-order valence-corrected chi connectivity index (χ2v) is 5.02. The van der Waals surface area contributed by atoms with Crippen molar-refractivity contribution in [3.63, 3.8) is 0 Å². The predicted molar refractivity (Wildman–Crippen MR) is 71.1 cm³/mol. The largest absolute Gasteiger partial charge is 0.351 e. The Morgan fingerprint density at radius 2 is 2.05 bits per heavy atom. The molecular formula is C12H11BrF2N4O. The van der Waals surface area contributed by atoms with Gasteiger partial charge in [0.25, 0.3) is 5.91 Å². The number of carbonyl (C=O) groups excluding carboxylic acids is 1. The highest BCUT2D eigenvalue weighted by Gasteiger charge is 2.18. The lowest BCUT2D eigenvalue weighted by Crippen LogP contribution is -2.28. The van der Waals surface area contributed by atoms with E-state index in [0.717, 1.165) is 12.1 Å². The SMILES string of the molecule is Cn1cnnc1CCNC(=O)c1c(F)cc(Br)cc1F. The normalized spacial score (nSPS) is 10.6. The van der Waals surface area contributed by atoms with Crippen LogP contribution in [0.25, 0.3) is 0 Å². The van der Waals surface area contributed by atoms with E-state index in [1.54, 1.807) is 11.6 Å². The Labute approximate surface area is 122 Å². The number of nitrogens with zero attached hydrogens (tertiary/aromatic N) is 3. The number of hydrogen-bond acceptors (Lipinski definition) is 3.